The van der Waals surface area contributed by atoms with Gasteiger partial charge in [0.1, 0.15) is 5.76 Å². The molecule has 0 bridgehead atoms. The molecule has 1 saturated heterocycles. The van der Waals surface area contributed by atoms with Crippen LogP contribution in [0.15, 0.2) is 80.4 Å². The number of piperazine rings is 1. The molecule has 11 heteroatoms. The van der Waals surface area contributed by atoms with Crippen LogP contribution < -0.4 is 29.3 Å². The van der Waals surface area contributed by atoms with Crippen LogP contribution in [0.1, 0.15) is 29.9 Å². The number of hydrogen-bond acceptors (Lipinski definition) is 10. The summed E-state index contributed by atoms with van der Waals surface area (Å²) in [6.07, 6.45) is 1.75. The highest BCUT2D eigenvalue weighted by molar-refractivity contribution is 7.07. The van der Waals surface area contributed by atoms with Gasteiger partial charge in [-0.3, -0.25) is 9.36 Å². The lowest BCUT2D eigenvalue weighted by Crippen LogP contribution is -2.44. The van der Waals surface area contributed by atoms with E-state index < -0.39 is 12.0 Å². The number of aromatic nitrogens is 1. The van der Waals surface area contributed by atoms with E-state index in [1.807, 2.05) is 54.6 Å². The number of anilines is 1. The third-order valence-corrected chi connectivity index (χ3v) is 8.77. The van der Waals surface area contributed by atoms with Crippen LogP contribution in [0.25, 0.3) is 11.8 Å². The summed E-state index contributed by atoms with van der Waals surface area (Å²) in [5, 5.41) is 0. The minimum Gasteiger partial charge on any atom is -0.463 e. The second-order valence-corrected chi connectivity index (χ2v) is 11.5. The number of ether oxygens (including phenoxy) is 3. The predicted molar refractivity (Wildman–Crippen MR) is 162 cm³/mol. The molecule has 43 heavy (non-hydrogen) atoms. The highest BCUT2D eigenvalue weighted by atomic mass is 32.1. The summed E-state index contributed by atoms with van der Waals surface area (Å²) in [5.74, 6) is 1.97. The molecule has 1 atom stereocenters. The smallest absolute Gasteiger partial charge is 0.338 e. The van der Waals surface area contributed by atoms with Gasteiger partial charge in [0.25, 0.3) is 5.56 Å². The molecule has 0 radical (unpaired) electrons. The number of hydrogen-bond donors (Lipinski definition) is 0. The maximum Gasteiger partial charge on any atom is 0.338 e. The lowest BCUT2D eigenvalue weighted by Gasteiger charge is -2.32. The SMILES string of the molecule is CCOC(=O)C1=C(c2ccccc2)N=c2s/c(=C/c3ccc(N4CCN(C)CC4)o3)c(=O)n2[C@H]1c1ccc2c(c1)OCO2. The molecule has 0 saturated carbocycles. The number of thiazole rings is 1. The van der Waals surface area contributed by atoms with Crippen LogP contribution in [0.4, 0.5) is 5.88 Å². The summed E-state index contributed by atoms with van der Waals surface area (Å²) in [4.78, 5) is 37.7. The molecule has 0 amide bonds. The highest BCUT2D eigenvalue weighted by Crippen LogP contribution is 2.40. The van der Waals surface area contributed by atoms with E-state index in [1.54, 1.807) is 23.6 Å². The number of nitrogens with zero attached hydrogens (tertiary/aromatic N) is 4. The minimum absolute atomic E-state index is 0.108. The van der Waals surface area contributed by atoms with Crippen LogP contribution in [0.5, 0.6) is 11.5 Å². The molecular weight excluding hydrogens is 568 g/mol. The molecule has 3 aliphatic rings. The summed E-state index contributed by atoms with van der Waals surface area (Å²) in [5.41, 5.74) is 1.89. The van der Waals surface area contributed by atoms with E-state index in [2.05, 4.69) is 16.8 Å². The van der Waals surface area contributed by atoms with Crippen LogP contribution >= 0.6 is 11.3 Å². The average Bonchev–Trinajstić information content (AvgIpc) is 3.76. The van der Waals surface area contributed by atoms with Crippen LogP contribution in [-0.2, 0) is 9.53 Å². The zero-order valence-electron chi connectivity index (χ0n) is 23.8. The summed E-state index contributed by atoms with van der Waals surface area (Å²) in [6.45, 7) is 5.71. The van der Waals surface area contributed by atoms with Gasteiger partial charge in [0.15, 0.2) is 22.2 Å². The van der Waals surface area contributed by atoms with Gasteiger partial charge in [-0.2, -0.15) is 0 Å². The van der Waals surface area contributed by atoms with E-state index in [1.165, 1.54) is 11.3 Å². The van der Waals surface area contributed by atoms with Gasteiger partial charge in [-0.05, 0) is 37.7 Å². The number of likely N-dealkylation sites (N-methyl/N-ethyl adjacent to an activating group) is 1. The van der Waals surface area contributed by atoms with Gasteiger partial charge >= 0.3 is 5.97 Å². The molecule has 220 valence electrons. The van der Waals surface area contributed by atoms with Crippen molar-refractivity contribution in [2.24, 2.45) is 4.99 Å². The Morgan fingerprint density at radius 3 is 2.63 bits per heavy atom. The molecule has 0 N–H and O–H groups in total. The maximum absolute atomic E-state index is 14.1. The van der Waals surface area contributed by atoms with E-state index >= 15 is 0 Å². The molecule has 10 nitrogen and oxygen atoms in total. The van der Waals surface area contributed by atoms with Crippen molar-refractivity contribution in [1.29, 1.82) is 0 Å². The van der Waals surface area contributed by atoms with E-state index in [-0.39, 0.29) is 24.5 Å². The molecule has 7 rings (SSSR count). The van der Waals surface area contributed by atoms with Gasteiger partial charge in [0.05, 0.1) is 28.5 Å². The fourth-order valence-corrected chi connectivity index (χ4v) is 6.57. The predicted octanol–water partition coefficient (Wildman–Crippen LogP) is 3.01. The topological polar surface area (TPSA) is 98.7 Å². The number of carbonyl (C=O) groups excluding carboxylic acids is 1. The third-order valence-electron chi connectivity index (χ3n) is 7.79. The van der Waals surface area contributed by atoms with E-state index in [9.17, 15) is 9.59 Å². The Hall–Kier alpha value is -4.61. The summed E-state index contributed by atoms with van der Waals surface area (Å²) >= 11 is 1.26. The van der Waals surface area contributed by atoms with Crippen molar-refractivity contribution in [1.82, 2.24) is 9.47 Å². The zero-order chi connectivity index (χ0) is 29.5. The molecule has 1 fully saturated rings. The maximum atomic E-state index is 14.1. The van der Waals surface area contributed by atoms with Gasteiger partial charge in [0.2, 0.25) is 6.79 Å². The van der Waals surface area contributed by atoms with E-state index in [0.29, 0.717) is 37.9 Å². The Balaban J connectivity index is 1.39. The summed E-state index contributed by atoms with van der Waals surface area (Å²) in [6, 6.07) is 17.9. The van der Waals surface area contributed by atoms with E-state index in [4.69, 9.17) is 23.6 Å². The largest absolute Gasteiger partial charge is 0.463 e. The standard InChI is InChI=1S/C32H30N4O6S/c1-3-39-31(38)27-28(20-7-5-4-6-8-20)33-32-36(29(27)21-9-11-23-24(17-21)41-19-40-23)30(37)25(43-32)18-22-10-12-26(42-22)35-15-13-34(2)14-16-35/h4-12,17-18,29H,3,13-16,19H2,1-2H3/b25-18+/t29-/m0/s1. The Morgan fingerprint density at radius 1 is 1.05 bits per heavy atom. The molecule has 4 aromatic rings. The van der Waals surface area contributed by atoms with Gasteiger partial charge in [-0.25, -0.2) is 9.79 Å². The average molecular weight is 599 g/mol. The normalized spacial score (nSPS) is 18.5. The highest BCUT2D eigenvalue weighted by Gasteiger charge is 2.36. The minimum atomic E-state index is -0.806. The van der Waals surface area contributed by atoms with Crippen molar-refractivity contribution in [2.75, 3.05) is 51.5 Å². The molecule has 2 aromatic heterocycles. The fourth-order valence-electron chi connectivity index (χ4n) is 5.58. The molecular formula is C32H30N4O6S. The van der Waals surface area contributed by atoms with Crippen molar-refractivity contribution in [3.63, 3.8) is 0 Å². The molecule has 2 aromatic carbocycles. The van der Waals surface area contributed by atoms with Crippen molar-refractivity contribution >= 4 is 35.0 Å². The second kappa shape index (κ2) is 11.2. The van der Waals surface area contributed by atoms with Crippen LogP contribution in [0.3, 0.4) is 0 Å². The van der Waals surface area contributed by atoms with Crippen molar-refractivity contribution < 1.29 is 23.4 Å². The second-order valence-electron chi connectivity index (χ2n) is 10.5. The number of esters is 1. The Morgan fingerprint density at radius 2 is 1.84 bits per heavy atom. The molecule has 5 heterocycles. The third kappa shape index (κ3) is 5.04. The number of benzene rings is 2. The number of fused-ring (bicyclic) bond motifs is 2. The van der Waals surface area contributed by atoms with Crippen molar-refractivity contribution in [3.05, 3.63) is 103 Å². The first kappa shape index (κ1) is 27.2. The number of carbonyl (C=O) groups is 1. The fraction of sp³-hybridized carbons (Fsp3) is 0.281. The van der Waals surface area contributed by atoms with Crippen LogP contribution in [-0.4, -0.2) is 62.1 Å². The Labute approximate surface area is 251 Å². The van der Waals surface area contributed by atoms with Gasteiger partial charge < -0.3 is 28.4 Å². The molecule has 3 aliphatic heterocycles. The first-order valence-corrected chi connectivity index (χ1v) is 15.0. The first-order chi connectivity index (χ1) is 21.0. The Bertz CT molecular complexity index is 1900. The van der Waals surface area contributed by atoms with Crippen molar-refractivity contribution in [2.45, 2.75) is 13.0 Å². The molecule has 0 aliphatic carbocycles. The van der Waals surface area contributed by atoms with Gasteiger partial charge in [-0.15, -0.1) is 0 Å². The molecule has 0 spiro atoms. The van der Waals surface area contributed by atoms with Gasteiger partial charge in [-0.1, -0.05) is 47.7 Å². The first-order valence-electron chi connectivity index (χ1n) is 14.2. The summed E-state index contributed by atoms with van der Waals surface area (Å²) in [7, 11) is 2.11. The quantitative estimate of drug-likeness (QED) is 0.313. The van der Waals surface area contributed by atoms with E-state index in [0.717, 1.165) is 37.6 Å². The lowest BCUT2D eigenvalue weighted by atomic mass is 9.93. The van der Waals surface area contributed by atoms with Crippen LogP contribution in [0.2, 0.25) is 0 Å². The zero-order valence-corrected chi connectivity index (χ0v) is 24.6. The van der Waals surface area contributed by atoms with Crippen LogP contribution in [0, 0.1) is 0 Å². The summed E-state index contributed by atoms with van der Waals surface area (Å²) < 4.78 is 24.9. The van der Waals surface area contributed by atoms with Crippen molar-refractivity contribution in [3.8, 4) is 11.5 Å². The monoisotopic (exact) mass is 598 g/mol. The molecule has 0 unspecified atom stereocenters. The lowest BCUT2D eigenvalue weighted by molar-refractivity contribution is -0.138. The number of rotatable bonds is 6. The van der Waals surface area contributed by atoms with Gasteiger partial charge in [0, 0.05) is 43.9 Å². The Kier molecular flexibility index (Phi) is 7.12. The number of furan rings is 1.